The topological polar surface area (TPSA) is 109 Å². The average molecular weight is 184 g/mol. The van der Waals surface area contributed by atoms with Crippen molar-refractivity contribution in [3.63, 3.8) is 0 Å². The molecule has 0 radical (unpaired) electrons. The van der Waals surface area contributed by atoms with E-state index in [2.05, 4.69) is 17.1 Å². The van der Waals surface area contributed by atoms with E-state index in [1.165, 1.54) is 4.68 Å². The molecule has 13 heavy (non-hydrogen) atoms. The second-order valence-corrected chi connectivity index (χ2v) is 3.20. The van der Waals surface area contributed by atoms with Gasteiger partial charge in [-0.1, -0.05) is 20.3 Å². The maximum absolute atomic E-state index is 5.90. The SMILES string of the molecule is CCC(C)C(N)c1nnc(N)n1N. The highest BCUT2D eigenvalue weighted by Crippen LogP contribution is 2.19. The van der Waals surface area contributed by atoms with Crippen LogP contribution in [0, 0.1) is 5.92 Å². The summed E-state index contributed by atoms with van der Waals surface area (Å²) in [5.41, 5.74) is 11.3. The van der Waals surface area contributed by atoms with Gasteiger partial charge in [0.1, 0.15) is 0 Å². The monoisotopic (exact) mass is 184 g/mol. The second kappa shape index (κ2) is 3.61. The van der Waals surface area contributed by atoms with Crippen LogP contribution in [0.15, 0.2) is 0 Å². The first-order chi connectivity index (χ1) is 6.07. The third-order valence-electron chi connectivity index (χ3n) is 2.30. The van der Waals surface area contributed by atoms with Gasteiger partial charge in [0.05, 0.1) is 6.04 Å². The van der Waals surface area contributed by atoms with Crippen molar-refractivity contribution in [2.24, 2.45) is 11.7 Å². The predicted molar refractivity (Wildman–Crippen MR) is 51.0 cm³/mol. The molecule has 0 aliphatic carbocycles. The summed E-state index contributed by atoms with van der Waals surface area (Å²) < 4.78 is 1.23. The van der Waals surface area contributed by atoms with Crippen molar-refractivity contribution in [3.8, 4) is 0 Å². The van der Waals surface area contributed by atoms with Crippen LogP contribution in [0.5, 0.6) is 0 Å². The summed E-state index contributed by atoms with van der Waals surface area (Å²) in [5.74, 6) is 6.62. The molecule has 1 rings (SSSR count). The first-order valence-corrected chi connectivity index (χ1v) is 4.29. The molecule has 6 N–H and O–H groups in total. The number of hydrogen-bond donors (Lipinski definition) is 3. The van der Waals surface area contributed by atoms with Crippen LogP contribution < -0.4 is 17.3 Å². The lowest BCUT2D eigenvalue weighted by atomic mass is 10.00. The van der Waals surface area contributed by atoms with E-state index in [4.69, 9.17) is 17.3 Å². The molecule has 1 aromatic rings. The first-order valence-electron chi connectivity index (χ1n) is 4.29. The largest absolute Gasteiger partial charge is 0.366 e. The summed E-state index contributed by atoms with van der Waals surface area (Å²) in [6, 6.07) is -0.209. The van der Waals surface area contributed by atoms with Gasteiger partial charge in [-0.3, -0.25) is 0 Å². The highest BCUT2D eigenvalue weighted by atomic mass is 15.4. The Morgan fingerprint density at radius 1 is 1.46 bits per heavy atom. The number of hydrogen-bond acceptors (Lipinski definition) is 5. The van der Waals surface area contributed by atoms with Gasteiger partial charge in [0.15, 0.2) is 5.82 Å². The highest BCUT2D eigenvalue weighted by Gasteiger charge is 2.19. The number of rotatable bonds is 3. The van der Waals surface area contributed by atoms with Crippen molar-refractivity contribution in [1.82, 2.24) is 14.9 Å². The van der Waals surface area contributed by atoms with Gasteiger partial charge in [0.2, 0.25) is 5.95 Å². The molecule has 1 aromatic heterocycles. The summed E-state index contributed by atoms with van der Waals surface area (Å²) in [7, 11) is 0. The molecule has 0 aliphatic heterocycles. The van der Waals surface area contributed by atoms with Gasteiger partial charge in [-0.25, -0.2) is 4.68 Å². The van der Waals surface area contributed by atoms with Gasteiger partial charge < -0.3 is 17.3 Å². The number of aromatic nitrogens is 3. The average Bonchev–Trinajstić information content (AvgIpc) is 2.45. The fourth-order valence-electron chi connectivity index (χ4n) is 1.05. The Labute approximate surface area is 77.1 Å². The zero-order chi connectivity index (χ0) is 10.0. The van der Waals surface area contributed by atoms with Crippen LogP contribution in [0.2, 0.25) is 0 Å². The highest BCUT2D eigenvalue weighted by molar-refractivity contribution is 5.18. The maximum atomic E-state index is 5.90. The van der Waals surface area contributed by atoms with E-state index in [0.29, 0.717) is 11.7 Å². The summed E-state index contributed by atoms with van der Waals surface area (Å²) in [4.78, 5) is 0. The van der Waals surface area contributed by atoms with E-state index >= 15 is 0 Å². The molecule has 0 saturated heterocycles. The molecule has 0 spiro atoms. The van der Waals surface area contributed by atoms with E-state index < -0.39 is 0 Å². The van der Waals surface area contributed by atoms with Crippen LogP contribution in [-0.4, -0.2) is 14.9 Å². The lowest BCUT2D eigenvalue weighted by Crippen LogP contribution is -2.26. The van der Waals surface area contributed by atoms with Crippen molar-refractivity contribution >= 4 is 5.95 Å². The molecular weight excluding hydrogens is 168 g/mol. The van der Waals surface area contributed by atoms with Crippen LogP contribution in [-0.2, 0) is 0 Å². The van der Waals surface area contributed by atoms with Crippen LogP contribution in [0.1, 0.15) is 32.1 Å². The van der Waals surface area contributed by atoms with Gasteiger partial charge in [-0.2, -0.15) is 0 Å². The fraction of sp³-hybridized carbons (Fsp3) is 0.714. The predicted octanol–water partition coefficient (Wildman–Crippen LogP) is -0.380. The smallest absolute Gasteiger partial charge is 0.240 e. The molecule has 0 saturated carbocycles. The Morgan fingerprint density at radius 3 is 2.46 bits per heavy atom. The standard InChI is InChI=1S/C7H16N6/c1-3-4(2)5(8)6-11-12-7(9)13(6)10/h4-5H,3,8,10H2,1-2H3,(H2,9,12). The minimum absolute atomic E-state index is 0.189. The number of nitrogen functional groups attached to an aromatic ring is 2. The van der Waals surface area contributed by atoms with E-state index in [1.807, 2.05) is 6.92 Å². The number of nitrogens with zero attached hydrogens (tertiary/aromatic N) is 3. The zero-order valence-electron chi connectivity index (χ0n) is 7.94. The van der Waals surface area contributed by atoms with Crippen molar-refractivity contribution < 1.29 is 0 Å². The molecule has 2 unspecified atom stereocenters. The third kappa shape index (κ3) is 1.72. The molecule has 0 fully saturated rings. The van der Waals surface area contributed by atoms with Crippen LogP contribution in [0.4, 0.5) is 5.95 Å². The Morgan fingerprint density at radius 2 is 2.08 bits per heavy atom. The lowest BCUT2D eigenvalue weighted by molar-refractivity contribution is 0.432. The fourth-order valence-corrected chi connectivity index (χ4v) is 1.05. The minimum atomic E-state index is -0.209. The molecule has 6 nitrogen and oxygen atoms in total. The lowest BCUT2D eigenvalue weighted by Gasteiger charge is -2.16. The van der Waals surface area contributed by atoms with Crippen molar-refractivity contribution in [2.75, 3.05) is 11.6 Å². The molecule has 6 heteroatoms. The molecule has 74 valence electrons. The summed E-state index contributed by atoms with van der Waals surface area (Å²) in [6.07, 6.45) is 0.966. The van der Waals surface area contributed by atoms with Crippen molar-refractivity contribution in [2.45, 2.75) is 26.3 Å². The van der Waals surface area contributed by atoms with Gasteiger partial charge in [-0.05, 0) is 5.92 Å². The Bertz CT molecular complexity index is 281. The van der Waals surface area contributed by atoms with Gasteiger partial charge in [0, 0.05) is 0 Å². The molecule has 2 atom stereocenters. The van der Waals surface area contributed by atoms with Gasteiger partial charge >= 0.3 is 0 Å². The van der Waals surface area contributed by atoms with E-state index in [9.17, 15) is 0 Å². The normalized spacial score (nSPS) is 15.6. The van der Waals surface area contributed by atoms with E-state index in [0.717, 1.165) is 6.42 Å². The van der Waals surface area contributed by atoms with Crippen LogP contribution in [0.25, 0.3) is 0 Å². The summed E-state index contributed by atoms with van der Waals surface area (Å²) >= 11 is 0. The van der Waals surface area contributed by atoms with Crippen LogP contribution in [0.3, 0.4) is 0 Å². The summed E-state index contributed by atoms with van der Waals surface area (Å²) in [6.45, 7) is 4.10. The Hall–Kier alpha value is -1.30. The number of anilines is 1. The quantitative estimate of drug-likeness (QED) is 0.555. The molecule has 0 amide bonds. The molecule has 0 bridgehead atoms. The van der Waals surface area contributed by atoms with Crippen molar-refractivity contribution in [1.29, 1.82) is 0 Å². The van der Waals surface area contributed by atoms with Crippen LogP contribution >= 0.6 is 0 Å². The zero-order valence-corrected chi connectivity index (χ0v) is 7.94. The van der Waals surface area contributed by atoms with Gasteiger partial charge in [-0.15, -0.1) is 10.2 Å². The first kappa shape index (κ1) is 9.79. The number of nitrogens with two attached hydrogens (primary N) is 3. The second-order valence-electron chi connectivity index (χ2n) is 3.20. The summed E-state index contributed by atoms with van der Waals surface area (Å²) in [5, 5.41) is 7.46. The Balaban J connectivity index is 2.88. The van der Waals surface area contributed by atoms with Gasteiger partial charge in [0.25, 0.3) is 0 Å². The maximum Gasteiger partial charge on any atom is 0.240 e. The van der Waals surface area contributed by atoms with E-state index in [1.54, 1.807) is 0 Å². The Kier molecular flexibility index (Phi) is 2.72. The molecule has 0 aliphatic rings. The van der Waals surface area contributed by atoms with E-state index in [-0.39, 0.29) is 12.0 Å². The molecule has 1 heterocycles. The molecule has 0 aromatic carbocycles. The third-order valence-corrected chi connectivity index (χ3v) is 2.30. The molecular formula is C7H16N6. The van der Waals surface area contributed by atoms with Crippen molar-refractivity contribution in [3.05, 3.63) is 5.82 Å². The minimum Gasteiger partial charge on any atom is -0.366 e.